The molecule has 0 spiro atoms. The third-order valence-electron chi connectivity index (χ3n) is 4.29. The van der Waals surface area contributed by atoms with Gasteiger partial charge in [0.05, 0.1) is 13.3 Å². The number of nitrogens with zero attached hydrogens (tertiary/aromatic N) is 3. The minimum absolute atomic E-state index is 0.354. The molecule has 9 heteroatoms. The number of pyridine rings is 1. The maximum absolute atomic E-state index is 11.8. The summed E-state index contributed by atoms with van der Waals surface area (Å²) in [6.07, 6.45) is 4.96. The van der Waals surface area contributed by atoms with Crippen LogP contribution in [-0.4, -0.2) is 39.7 Å². The molecule has 0 radical (unpaired) electrons. The van der Waals surface area contributed by atoms with Gasteiger partial charge in [-0.05, 0) is 37.7 Å². The standard InChI is InChI=1S/C20H23N5O3S/c1-4-5-6-9-21-20(29)25-17-8-7-14-18(24-17)23-15(11-22-14)16-10-13(12(2)28-16)19(26)27-3/h7-8,10-11H,4-6,9H2,1-3H3,(H2,21,23,24,25,29). The average molecular weight is 414 g/mol. The van der Waals surface area contributed by atoms with Crippen molar-refractivity contribution in [2.24, 2.45) is 0 Å². The van der Waals surface area contributed by atoms with E-state index in [0.717, 1.165) is 25.8 Å². The van der Waals surface area contributed by atoms with Gasteiger partial charge in [-0.15, -0.1) is 0 Å². The van der Waals surface area contributed by atoms with Crippen LogP contribution >= 0.6 is 12.2 Å². The van der Waals surface area contributed by atoms with E-state index in [1.54, 1.807) is 25.3 Å². The molecule has 0 bridgehead atoms. The Morgan fingerprint density at radius 1 is 1.28 bits per heavy atom. The van der Waals surface area contributed by atoms with E-state index in [1.807, 2.05) is 6.07 Å². The number of carbonyl (C=O) groups excluding carboxylic acids is 1. The van der Waals surface area contributed by atoms with E-state index >= 15 is 0 Å². The lowest BCUT2D eigenvalue weighted by atomic mass is 10.2. The number of methoxy groups -OCH3 is 1. The van der Waals surface area contributed by atoms with Crippen LogP contribution in [0.2, 0.25) is 0 Å². The Balaban J connectivity index is 1.79. The predicted octanol–water partition coefficient (Wildman–Crippen LogP) is 3.86. The molecule has 0 atom stereocenters. The minimum atomic E-state index is -0.462. The third kappa shape index (κ3) is 5.05. The van der Waals surface area contributed by atoms with Crippen molar-refractivity contribution in [3.8, 4) is 11.5 Å². The van der Waals surface area contributed by atoms with Gasteiger partial charge >= 0.3 is 5.97 Å². The molecule has 0 amide bonds. The molecule has 2 N–H and O–H groups in total. The fraction of sp³-hybridized carbons (Fsp3) is 0.350. The van der Waals surface area contributed by atoms with Crippen molar-refractivity contribution in [3.05, 3.63) is 35.7 Å². The van der Waals surface area contributed by atoms with Crippen LogP contribution in [0.5, 0.6) is 0 Å². The number of fused-ring (bicyclic) bond motifs is 1. The zero-order valence-corrected chi connectivity index (χ0v) is 17.4. The summed E-state index contributed by atoms with van der Waals surface area (Å²) < 4.78 is 10.4. The van der Waals surface area contributed by atoms with Gasteiger partial charge in [-0.3, -0.25) is 4.98 Å². The van der Waals surface area contributed by atoms with Gasteiger partial charge in [0.1, 0.15) is 28.4 Å². The van der Waals surface area contributed by atoms with Crippen molar-refractivity contribution < 1.29 is 13.9 Å². The monoisotopic (exact) mass is 413 g/mol. The van der Waals surface area contributed by atoms with Gasteiger partial charge in [0.2, 0.25) is 0 Å². The van der Waals surface area contributed by atoms with Crippen LogP contribution in [0.1, 0.15) is 42.3 Å². The summed E-state index contributed by atoms with van der Waals surface area (Å²) in [5, 5.41) is 6.74. The highest BCUT2D eigenvalue weighted by molar-refractivity contribution is 7.80. The first kappa shape index (κ1) is 20.7. The molecular formula is C20H23N5O3S. The molecule has 0 saturated heterocycles. The number of furan rings is 1. The quantitative estimate of drug-likeness (QED) is 0.339. The Kier molecular flexibility index (Phi) is 6.71. The van der Waals surface area contributed by atoms with Gasteiger partial charge in [0.25, 0.3) is 0 Å². The second-order valence-electron chi connectivity index (χ2n) is 6.45. The molecule has 3 rings (SSSR count). The molecule has 3 aromatic heterocycles. The summed E-state index contributed by atoms with van der Waals surface area (Å²) in [6, 6.07) is 5.20. The number of aryl methyl sites for hydroxylation is 1. The molecule has 0 fully saturated rings. The molecule has 0 unspecified atom stereocenters. The van der Waals surface area contributed by atoms with Crippen LogP contribution in [0.4, 0.5) is 5.82 Å². The van der Waals surface area contributed by atoms with Crippen LogP contribution in [0, 0.1) is 6.92 Å². The Bertz CT molecular complexity index is 1030. The molecule has 3 heterocycles. The Morgan fingerprint density at radius 2 is 2.10 bits per heavy atom. The molecule has 3 aromatic rings. The first-order valence-corrected chi connectivity index (χ1v) is 9.80. The van der Waals surface area contributed by atoms with Crippen LogP contribution in [0.15, 0.2) is 28.8 Å². The number of rotatable bonds is 7. The number of unbranched alkanes of at least 4 members (excludes halogenated alkanes) is 2. The van der Waals surface area contributed by atoms with Crippen LogP contribution < -0.4 is 10.6 Å². The smallest absolute Gasteiger partial charge is 0.341 e. The third-order valence-corrected chi connectivity index (χ3v) is 4.54. The first-order chi connectivity index (χ1) is 14.0. The van der Waals surface area contributed by atoms with E-state index in [4.69, 9.17) is 21.4 Å². The van der Waals surface area contributed by atoms with Gasteiger partial charge in [-0.1, -0.05) is 19.8 Å². The minimum Gasteiger partial charge on any atom is -0.465 e. The van der Waals surface area contributed by atoms with E-state index in [-0.39, 0.29) is 0 Å². The Hall–Kier alpha value is -3.07. The molecule has 8 nitrogen and oxygen atoms in total. The number of nitrogens with one attached hydrogen (secondary N) is 2. The van der Waals surface area contributed by atoms with Crippen molar-refractivity contribution in [1.29, 1.82) is 0 Å². The molecule has 0 saturated carbocycles. The SMILES string of the molecule is CCCCCNC(=S)Nc1ccc2ncc(-c3cc(C(=O)OC)c(C)o3)nc2n1. The van der Waals surface area contributed by atoms with Crippen molar-refractivity contribution in [2.45, 2.75) is 33.1 Å². The lowest BCUT2D eigenvalue weighted by Crippen LogP contribution is -2.29. The van der Waals surface area contributed by atoms with Crippen molar-refractivity contribution in [1.82, 2.24) is 20.3 Å². The number of hydrogen-bond donors (Lipinski definition) is 2. The molecule has 0 aliphatic rings. The van der Waals surface area contributed by atoms with E-state index in [1.165, 1.54) is 7.11 Å². The van der Waals surface area contributed by atoms with Crippen molar-refractivity contribution in [2.75, 3.05) is 19.0 Å². The maximum Gasteiger partial charge on any atom is 0.341 e. The second-order valence-corrected chi connectivity index (χ2v) is 6.86. The van der Waals surface area contributed by atoms with Gasteiger partial charge in [-0.2, -0.15) is 0 Å². The second kappa shape index (κ2) is 9.42. The predicted molar refractivity (Wildman–Crippen MR) is 115 cm³/mol. The van der Waals surface area contributed by atoms with Gasteiger partial charge in [-0.25, -0.2) is 14.8 Å². The summed E-state index contributed by atoms with van der Waals surface area (Å²) >= 11 is 5.31. The lowest BCUT2D eigenvalue weighted by Gasteiger charge is -2.10. The van der Waals surface area contributed by atoms with Gasteiger partial charge in [0.15, 0.2) is 16.5 Å². The summed E-state index contributed by atoms with van der Waals surface area (Å²) in [5.41, 5.74) is 1.90. The van der Waals surface area contributed by atoms with E-state index in [9.17, 15) is 4.79 Å². The summed E-state index contributed by atoms with van der Waals surface area (Å²) in [4.78, 5) is 25.2. The number of ether oxygens (including phenoxy) is 1. The Morgan fingerprint density at radius 3 is 2.86 bits per heavy atom. The molecule has 152 valence electrons. The lowest BCUT2D eigenvalue weighted by molar-refractivity contribution is 0.0599. The summed E-state index contributed by atoms with van der Waals surface area (Å²) in [5.74, 6) is 0.987. The highest BCUT2D eigenvalue weighted by Gasteiger charge is 2.17. The molecule has 0 aromatic carbocycles. The highest BCUT2D eigenvalue weighted by atomic mass is 32.1. The van der Waals surface area contributed by atoms with Crippen molar-refractivity contribution >= 4 is 40.3 Å². The van der Waals surface area contributed by atoms with E-state index in [2.05, 4.69) is 32.5 Å². The largest absolute Gasteiger partial charge is 0.465 e. The van der Waals surface area contributed by atoms with Gasteiger partial charge < -0.3 is 19.8 Å². The van der Waals surface area contributed by atoms with Crippen molar-refractivity contribution in [3.63, 3.8) is 0 Å². The Labute approximate surface area is 174 Å². The molecule has 0 aliphatic carbocycles. The van der Waals surface area contributed by atoms with Crippen LogP contribution in [0.25, 0.3) is 22.6 Å². The fourth-order valence-electron chi connectivity index (χ4n) is 2.74. The number of esters is 1. The number of hydrogen-bond acceptors (Lipinski definition) is 7. The topological polar surface area (TPSA) is 102 Å². The molecular weight excluding hydrogens is 390 g/mol. The number of thiocarbonyl (C=S) groups is 1. The number of aromatic nitrogens is 3. The zero-order valence-electron chi connectivity index (χ0n) is 16.6. The fourth-order valence-corrected chi connectivity index (χ4v) is 2.95. The van der Waals surface area contributed by atoms with Crippen LogP contribution in [0.3, 0.4) is 0 Å². The number of carbonyl (C=O) groups is 1. The normalized spacial score (nSPS) is 10.7. The van der Waals surface area contributed by atoms with Gasteiger partial charge in [0, 0.05) is 12.6 Å². The number of anilines is 1. The summed E-state index contributed by atoms with van der Waals surface area (Å²) in [6.45, 7) is 4.67. The molecule has 29 heavy (non-hydrogen) atoms. The summed E-state index contributed by atoms with van der Waals surface area (Å²) in [7, 11) is 1.33. The molecule has 0 aliphatic heterocycles. The van der Waals surface area contributed by atoms with E-state index < -0.39 is 5.97 Å². The average Bonchev–Trinajstić information content (AvgIpc) is 3.12. The first-order valence-electron chi connectivity index (χ1n) is 9.39. The highest BCUT2D eigenvalue weighted by Crippen LogP contribution is 2.25. The zero-order chi connectivity index (χ0) is 20.8. The van der Waals surface area contributed by atoms with E-state index in [0.29, 0.717) is 44.9 Å². The maximum atomic E-state index is 11.8. The van der Waals surface area contributed by atoms with Crippen LogP contribution in [-0.2, 0) is 4.74 Å².